The summed E-state index contributed by atoms with van der Waals surface area (Å²) in [6.45, 7) is 4.87. The maximum absolute atomic E-state index is 11.4. The molecule has 2 unspecified atom stereocenters. The number of nitrogens with zero attached hydrogens (tertiary/aromatic N) is 2. The molecule has 0 aromatic carbocycles. The first-order valence-electron chi connectivity index (χ1n) is 6.12. The first-order chi connectivity index (χ1) is 8.44. The minimum Gasteiger partial charge on any atom is -0.389 e. The molecule has 3 N–H and O–H groups in total. The number of hydrogen-bond acceptors (Lipinski definition) is 4. The summed E-state index contributed by atoms with van der Waals surface area (Å²) >= 11 is 0. The van der Waals surface area contributed by atoms with E-state index in [1.807, 2.05) is 17.9 Å². The normalized spacial score (nSPS) is 25.2. The summed E-state index contributed by atoms with van der Waals surface area (Å²) in [6, 6.07) is 3.65. The molecule has 5 heteroatoms. The van der Waals surface area contributed by atoms with Crippen LogP contribution in [-0.4, -0.2) is 29.1 Å². The van der Waals surface area contributed by atoms with Crippen LogP contribution in [0.2, 0.25) is 0 Å². The van der Waals surface area contributed by atoms with E-state index < -0.39 is 11.5 Å². The van der Waals surface area contributed by atoms with Gasteiger partial charge in [0.25, 0.3) is 0 Å². The van der Waals surface area contributed by atoms with E-state index in [9.17, 15) is 9.90 Å². The average Bonchev–Trinajstić information content (AvgIpc) is 2.73. The van der Waals surface area contributed by atoms with Gasteiger partial charge in [-0.1, -0.05) is 6.07 Å². The van der Waals surface area contributed by atoms with Crippen molar-refractivity contribution in [3.63, 3.8) is 0 Å². The van der Waals surface area contributed by atoms with Gasteiger partial charge >= 0.3 is 0 Å². The van der Waals surface area contributed by atoms with Gasteiger partial charge in [-0.05, 0) is 26.3 Å². The van der Waals surface area contributed by atoms with Crippen molar-refractivity contribution in [1.29, 1.82) is 0 Å². The highest BCUT2D eigenvalue weighted by Crippen LogP contribution is 2.34. The molecule has 2 heterocycles. The fourth-order valence-electron chi connectivity index (χ4n) is 2.34. The van der Waals surface area contributed by atoms with Crippen LogP contribution >= 0.6 is 0 Å². The summed E-state index contributed by atoms with van der Waals surface area (Å²) in [5, 5.41) is 9.75. The predicted molar refractivity (Wildman–Crippen MR) is 69.0 cm³/mol. The topological polar surface area (TPSA) is 79.5 Å². The number of aromatic nitrogens is 1. The van der Waals surface area contributed by atoms with Crippen molar-refractivity contribution in [2.45, 2.75) is 26.4 Å². The van der Waals surface area contributed by atoms with Gasteiger partial charge < -0.3 is 15.7 Å². The number of pyridine rings is 1. The lowest BCUT2D eigenvalue weighted by Crippen LogP contribution is -2.37. The second-order valence-electron chi connectivity index (χ2n) is 5.19. The molecule has 98 valence electrons. The van der Waals surface area contributed by atoms with E-state index >= 15 is 0 Å². The number of nitrogens with two attached hydrogens (primary N) is 1. The monoisotopic (exact) mass is 249 g/mol. The number of hydrogen-bond donors (Lipinski definition) is 2. The zero-order valence-electron chi connectivity index (χ0n) is 10.8. The molecule has 0 aliphatic carbocycles. The Morgan fingerprint density at radius 3 is 2.94 bits per heavy atom. The molecule has 0 bridgehead atoms. The summed E-state index contributed by atoms with van der Waals surface area (Å²) in [7, 11) is 0. The van der Waals surface area contributed by atoms with E-state index in [-0.39, 0.29) is 5.91 Å². The van der Waals surface area contributed by atoms with Crippen molar-refractivity contribution in [2.24, 2.45) is 11.1 Å². The molecule has 1 aliphatic rings. The summed E-state index contributed by atoms with van der Waals surface area (Å²) < 4.78 is 0. The highest BCUT2D eigenvalue weighted by molar-refractivity contribution is 5.82. The van der Waals surface area contributed by atoms with Gasteiger partial charge in [-0.25, -0.2) is 4.98 Å². The number of rotatable bonds is 3. The molecular formula is C13H19N3O2. The summed E-state index contributed by atoms with van der Waals surface area (Å²) in [5.74, 6) is 0.469. The van der Waals surface area contributed by atoms with Crippen molar-refractivity contribution in [3.8, 4) is 0 Å². The molecule has 2 atom stereocenters. The molecule has 0 spiro atoms. The zero-order valence-corrected chi connectivity index (χ0v) is 10.8. The second kappa shape index (κ2) is 4.57. The number of primary amides is 1. The number of amides is 1. The van der Waals surface area contributed by atoms with Crippen LogP contribution in [0.1, 0.15) is 31.9 Å². The summed E-state index contributed by atoms with van der Waals surface area (Å²) in [6.07, 6.45) is 1.84. The van der Waals surface area contributed by atoms with Crippen LogP contribution in [0, 0.1) is 5.41 Å². The fourth-order valence-corrected chi connectivity index (χ4v) is 2.34. The van der Waals surface area contributed by atoms with Crippen LogP contribution in [0.5, 0.6) is 0 Å². The largest absolute Gasteiger partial charge is 0.389 e. The van der Waals surface area contributed by atoms with E-state index in [0.29, 0.717) is 6.54 Å². The van der Waals surface area contributed by atoms with Crippen molar-refractivity contribution in [3.05, 3.63) is 23.9 Å². The maximum atomic E-state index is 11.4. The fraction of sp³-hybridized carbons (Fsp3) is 0.538. The lowest BCUT2D eigenvalue weighted by atomic mass is 9.89. The molecule has 18 heavy (non-hydrogen) atoms. The first-order valence-corrected chi connectivity index (χ1v) is 6.12. The maximum Gasteiger partial charge on any atom is 0.225 e. The van der Waals surface area contributed by atoms with Gasteiger partial charge in [-0.2, -0.15) is 0 Å². The molecule has 5 nitrogen and oxygen atoms in total. The lowest BCUT2D eigenvalue weighted by Gasteiger charge is -2.24. The van der Waals surface area contributed by atoms with E-state index in [1.165, 1.54) is 0 Å². The molecular weight excluding hydrogens is 230 g/mol. The third-order valence-electron chi connectivity index (χ3n) is 3.63. The third-order valence-corrected chi connectivity index (χ3v) is 3.63. The van der Waals surface area contributed by atoms with Crippen LogP contribution in [0.25, 0.3) is 0 Å². The minimum absolute atomic E-state index is 0.278. The number of carbonyl (C=O) groups is 1. The van der Waals surface area contributed by atoms with Crippen molar-refractivity contribution in [1.82, 2.24) is 4.98 Å². The van der Waals surface area contributed by atoms with Gasteiger partial charge in [0, 0.05) is 24.8 Å². The molecule has 1 fully saturated rings. The molecule has 0 radical (unpaired) electrons. The number of carbonyl (C=O) groups excluding carboxylic acids is 1. The molecule has 1 aromatic heterocycles. The van der Waals surface area contributed by atoms with Gasteiger partial charge in [0.2, 0.25) is 5.91 Å². The quantitative estimate of drug-likeness (QED) is 0.831. The van der Waals surface area contributed by atoms with Gasteiger partial charge in [-0.3, -0.25) is 4.79 Å². The van der Waals surface area contributed by atoms with Crippen LogP contribution in [0.15, 0.2) is 18.3 Å². The Bertz CT molecular complexity index is 461. The molecule has 1 saturated heterocycles. The molecule has 1 aromatic rings. The predicted octanol–water partition coefficient (Wildman–Crippen LogP) is 0.837. The standard InChI is InChI=1S/C13H19N3O2/c1-9(17)10-4-3-6-15-11(10)16-7-5-13(2,8-16)12(14)18/h3-4,6,9,17H,5,7-8H2,1-2H3,(H2,14,18). The molecule has 1 aliphatic heterocycles. The summed E-state index contributed by atoms with van der Waals surface area (Å²) in [5.41, 5.74) is 5.71. The smallest absolute Gasteiger partial charge is 0.225 e. The van der Waals surface area contributed by atoms with E-state index in [0.717, 1.165) is 24.3 Å². The van der Waals surface area contributed by atoms with Crippen molar-refractivity contribution in [2.75, 3.05) is 18.0 Å². The Balaban J connectivity index is 2.27. The van der Waals surface area contributed by atoms with Crippen molar-refractivity contribution < 1.29 is 9.90 Å². The van der Waals surface area contributed by atoms with Gasteiger partial charge in [-0.15, -0.1) is 0 Å². The molecule has 1 amide bonds. The Hall–Kier alpha value is -1.62. The summed E-state index contributed by atoms with van der Waals surface area (Å²) in [4.78, 5) is 17.8. The minimum atomic E-state index is -0.575. The Labute approximate surface area is 107 Å². The number of aliphatic hydroxyl groups excluding tert-OH is 1. The third kappa shape index (κ3) is 2.18. The Morgan fingerprint density at radius 1 is 1.67 bits per heavy atom. The van der Waals surface area contributed by atoms with E-state index in [4.69, 9.17) is 5.73 Å². The molecule has 2 rings (SSSR count). The number of aliphatic hydroxyl groups is 1. The van der Waals surface area contributed by atoms with Crippen LogP contribution in [-0.2, 0) is 4.79 Å². The Kier molecular flexibility index (Phi) is 3.26. The van der Waals surface area contributed by atoms with E-state index in [2.05, 4.69) is 4.98 Å². The number of anilines is 1. The zero-order chi connectivity index (χ0) is 13.3. The van der Waals surface area contributed by atoms with Crippen LogP contribution in [0.3, 0.4) is 0 Å². The van der Waals surface area contributed by atoms with Gasteiger partial charge in [0.15, 0.2) is 0 Å². The van der Waals surface area contributed by atoms with E-state index in [1.54, 1.807) is 19.2 Å². The van der Waals surface area contributed by atoms with Crippen LogP contribution in [0.4, 0.5) is 5.82 Å². The average molecular weight is 249 g/mol. The van der Waals surface area contributed by atoms with Gasteiger partial charge in [0.05, 0.1) is 11.5 Å². The Morgan fingerprint density at radius 2 is 2.39 bits per heavy atom. The van der Waals surface area contributed by atoms with Crippen LogP contribution < -0.4 is 10.6 Å². The lowest BCUT2D eigenvalue weighted by molar-refractivity contribution is -0.125. The molecule has 0 saturated carbocycles. The highest BCUT2D eigenvalue weighted by atomic mass is 16.3. The first kappa shape index (κ1) is 12.8. The van der Waals surface area contributed by atoms with Gasteiger partial charge in [0.1, 0.15) is 5.82 Å². The SMILES string of the molecule is CC(O)c1cccnc1N1CCC(C)(C(N)=O)C1. The van der Waals surface area contributed by atoms with Crippen molar-refractivity contribution >= 4 is 11.7 Å². The highest BCUT2D eigenvalue weighted by Gasteiger charge is 2.39. The second-order valence-corrected chi connectivity index (χ2v) is 5.19.